The molecule has 0 aromatic carbocycles. The number of allylic oxidation sites excluding steroid dienone is 2. The van der Waals surface area contributed by atoms with Crippen LogP contribution in [0.1, 0.15) is 113 Å². The Hall–Kier alpha value is -1.72. The Bertz CT molecular complexity index is 1580. The number of fused-ring (bicyclic) bond motifs is 7. The van der Waals surface area contributed by atoms with E-state index in [0.717, 1.165) is 44.9 Å². The van der Waals surface area contributed by atoms with Gasteiger partial charge in [-0.3, -0.25) is 4.79 Å². The summed E-state index contributed by atoms with van der Waals surface area (Å²) in [5, 5.41) is 73.3. The van der Waals surface area contributed by atoms with E-state index in [4.69, 9.17) is 23.7 Å². The van der Waals surface area contributed by atoms with Crippen molar-refractivity contribution in [3.8, 4) is 0 Å². The molecule has 14 heteroatoms. The van der Waals surface area contributed by atoms with Crippen molar-refractivity contribution in [2.45, 2.75) is 180 Å². The summed E-state index contributed by atoms with van der Waals surface area (Å²) in [5.41, 5.74) is -0.351. The summed E-state index contributed by atoms with van der Waals surface area (Å²) in [6.07, 6.45) is -5.33. The Morgan fingerprint density at radius 3 is 2.07 bits per heavy atom. The van der Waals surface area contributed by atoms with Crippen LogP contribution in [0, 0.1) is 50.2 Å². The molecule has 2 heterocycles. The third-order valence-corrected chi connectivity index (χ3v) is 17.4. The van der Waals surface area contributed by atoms with Crippen molar-refractivity contribution in [2.75, 3.05) is 13.7 Å². The second kappa shape index (κ2) is 14.7. The summed E-state index contributed by atoms with van der Waals surface area (Å²) in [6.45, 7) is 15.6. The van der Waals surface area contributed by atoms with E-state index in [1.165, 1.54) is 12.7 Å². The lowest BCUT2D eigenvalue weighted by Gasteiger charge is -2.71. The molecule has 14 nitrogen and oxygen atoms in total. The van der Waals surface area contributed by atoms with E-state index in [2.05, 4.69) is 54.5 Å². The summed E-state index contributed by atoms with van der Waals surface area (Å²) >= 11 is 0. The maximum Gasteiger partial charge on any atom is 0.337 e. The first-order valence-corrected chi connectivity index (χ1v) is 21.2. The molecule has 0 amide bonds. The number of ether oxygens (including phenoxy) is 5. The largest absolute Gasteiger partial charge is 0.467 e. The van der Waals surface area contributed by atoms with Crippen molar-refractivity contribution in [1.29, 1.82) is 0 Å². The maximum atomic E-state index is 14.6. The van der Waals surface area contributed by atoms with Crippen LogP contribution in [0.4, 0.5) is 0 Å². The van der Waals surface area contributed by atoms with Crippen LogP contribution in [0.15, 0.2) is 11.6 Å². The third-order valence-electron chi connectivity index (χ3n) is 17.4. The van der Waals surface area contributed by atoms with Crippen molar-refractivity contribution in [2.24, 2.45) is 50.2 Å². The van der Waals surface area contributed by atoms with E-state index in [-0.39, 0.29) is 45.0 Å². The number of methoxy groups -OCH3 is 1. The quantitative estimate of drug-likeness (QED) is 0.117. The fourth-order valence-corrected chi connectivity index (χ4v) is 13.7. The van der Waals surface area contributed by atoms with E-state index in [9.17, 15) is 45.3 Å². The third kappa shape index (κ3) is 6.48. The number of rotatable bonds is 6. The lowest BCUT2D eigenvalue weighted by atomic mass is 9.33. The van der Waals surface area contributed by atoms with E-state index in [0.29, 0.717) is 25.2 Å². The highest BCUT2D eigenvalue weighted by Crippen LogP contribution is 2.76. The lowest BCUT2D eigenvalue weighted by molar-refractivity contribution is -0.324. The molecular weight excluding hydrogens is 740 g/mol. The average molecular weight is 809 g/mol. The number of hydrogen-bond acceptors (Lipinski definition) is 14. The van der Waals surface area contributed by atoms with Crippen molar-refractivity contribution < 1.29 is 69.0 Å². The Balaban J connectivity index is 1.15. The van der Waals surface area contributed by atoms with Gasteiger partial charge in [-0.1, -0.05) is 60.1 Å². The van der Waals surface area contributed by atoms with Gasteiger partial charge >= 0.3 is 11.9 Å². The van der Waals surface area contributed by atoms with Gasteiger partial charge < -0.3 is 59.4 Å². The van der Waals surface area contributed by atoms with E-state index < -0.39 is 85.4 Å². The molecule has 0 radical (unpaired) electrons. The van der Waals surface area contributed by atoms with Crippen molar-refractivity contribution in [3.05, 3.63) is 11.6 Å². The van der Waals surface area contributed by atoms with Crippen LogP contribution in [0.3, 0.4) is 0 Å². The van der Waals surface area contributed by atoms with Crippen LogP contribution in [0.5, 0.6) is 0 Å². The topological polar surface area (TPSA) is 222 Å². The van der Waals surface area contributed by atoms with Crippen LogP contribution in [0.25, 0.3) is 0 Å². The molecule has 57 heavy (non-hydrogen) atoms. The number of carbonyl (C=O) groups excluding carboxylic acids is 2. The molecule has 324 valence electrons. The van der Waals surface area contributed by atoms with Gasteiger partial charge in [-0.15, -0.1) is 0 Å². The number of aliphatic hydroxyl groups is 7. The van der Waals surface area contributed by atoms with Gasteiger partial charge in [0.25, 0.3) is 0 Å². The van der Waals surface area contributed by atoms with Crippen LogP contribution in [-0.4, -0.2) is 129 Å². The molecule has 2 saturated heterocycles. The molecule has 7 rings (SSSR count). The van der Waals surface area contributed by atoms with E-state index in [1.54, 1.807) is 0 Å². The van der Waals surface area contributed by atoms with Crippen molar-refractivity contribution in [1.82, 2.24) is 0 Å². The molecular formula is C43H68O14. The fraction of sp³-hybridized carbons (Fsp3) is 0.907. The van der Waals surface area contributed by atoms with Gasteiger partial charge in [0.05, 0.1) is 25.2 Å². The molecule has 5 aliphatic carbocycles. The summed E-state index contributed by atoms with van der Waals surface area (Å²) in [5.74, 6) is -0.876. The molecule has 0 spiro atoms. The summed E-state index contributed by atoms with van der Waals surface area (Å²) in [7, 11) is 1.17. The van der Waals surface area contributed by atoms with E-state index >= 15 is 0 Å². The second-order valence-electron chi connectivity index (χ2n) is 20.9. The molecule has 6 fully saturated rings. The Kier molecular flexibility index (Phi) is 11.2. The summed E-state index contributed by atoms with van der Waals surface area (Å²) in [4.78, 5) is 27.0. The van der Waals surface area contributed by atoms with Gasteiger partial charge in [-0.25, -0.2) is 4.79 Å². The average Bonchev–Trinajstić information content (AvgIpc) is 3.15. The molecule has 4 saturated carbocycles. The van der Waals surface area contributed by atoms with Gasteiger partial charge in [0.1, 0.15) is 42.7 Å². The van der Waals surface area contributed by atoms with Crippen LogP contribution >= 0.6 is 0 Å². The molecule has 0 bridgehead atoms. The Morgan fingerprint density at radius 1 is 0.754 bits per heavy atom. The zero-order valence-electron chi connectivity index (χ0n) is 34.9. The first-order chi connectivity index (χ1) is 26.5. The minimum atomic E-state index is -1.67. The van der Waals surface area contributed by atoms with Gasteiger partial charge in [0.2, 0.25) is 6.29 Å². The number of carbonyl (C=O) groups is 2. The first-order valence-electron chi connectivity index (χ1n) is 21.2. The number of aliphatic hydroxyl groups excluding tert-OH is 7. The van der Waals surface area contributed by atoms with Crippen LogP contribution in [0.2, 0.25) is 0 Å². The Morgan fingerprint density at radius 2 is 1.40 bits per heavy atom. The van der Waals surface area contributed by atoms with Gasteiger partial charge in [0.15, 0.2) is 12.4 Å². The molecule has 0 aromatic heterocycles. The van der Waals surface area contributed by atoms with E-state index in [1.807, 2.05) is 0 Å². The van der Waals surface area contributed by atoms with Crippen molar-refractivity contribution in [3.63, 3.8) is 0 Å². The minimum Gasteiger partial charge on any atom is -0.467 e. The van der Waals surface area contributed by atoms with Gasteiger partial charge in [0, 0.05) is 0 Å². The minimum absolute atomic E-state index is 0.0267. The highest BCUT2D eigenvalue weighted by molar-refractivity contribution is 5.79. The zero-order valence-corrected chi connectivity index (χ0v) is 34.9. The monoisotopic (exact) mass is 808 g/mol. The molecule has 7 aliphatic rings. The highest BCUT2D eigenvalue weighted by Gasteiger charge is 2.70. The normalized spacial score (nSPS) is 51.5. The molecule has 7 N–H and O–H groups in total. The summed E-state index contributed by atoms with van der Waals surface area (Å²) in [6, 6.07) is 0. The zero-order chi connectivity index (χ0) is 41.8. The SMILES string of the molecule is COC(=O)[C@H]1O[C@@H](O[C@H]2CC[C@]3(C)[C@H]4CC=C5[C@@H]6CC(C)(C)CC[C@]6(C(=O)O[C@@H]6O[C@H](CO)[C@@H](O)[C@H](O)[C@H]6O)CC[C@@]5(C)[C@]4(C)CC[C@H]3C2(C)C)[C@H](O)[C@@H](O)[C@@H]1O. The standard InChI is InChI=1S/C43H68O14/c1-38(2)15-17-43(37(52)57-35-31(49)28(46)27(45)23(20-44)54-35)18-16-41(6)21(22(43)19-38)9-10-25-40(5)13-12-26(39(3,4)24(40)11-14-42(25,41)7)55-36-32(50)29(47)30(48)33(56-36)34(51)53-8/h9,22-33,35-36,44-50H,10-20H2,1-8H3/t22-,23+,24-,25+,26-,27+,28-,29-,30-,31+,32+,33-,35-,36+,40-,41+,42+,43-/m0/s1. The molecule has 2 aliphatic heterocycles. The van der Waals surface area contributed by atoms with Gasteiger partial charge in [-0.05, 0) is 109 Å². The number of esters is 2. The molecule has 0 aromatic rings. The fourth-order valence-electron chi connectivity index (χ4n) is 13.7. The first kappa shape index (κ1) is 43.4. The van der Waals surface area contributed by atoms with Crippen LogP contribution in [-0.2, 0) is 33.3 Å². The second-order valence-corrected chi connectivity index (χ2v) is 20.9. The summed E-state index contributed by atoms with van der Waals surface area (Å²) < 4.78 is 28.7. The highest BCUT2D eigenvalue weighted by atomic mass is 16.7. The number of hydrogen-bond donors (Lipinski definition) is 7. The maximum absolute atomic E-state index is 14.6. The lowest BCUT2D eigenvalue weighted by Crippen LogP contribution is -2.66. The van der Waals surface area contributed by atoms with Crippen molar-refractivity contribution >= 4 is 11.9 Å². The smallest absolute Gasteiger partial charge is 0.337 e. The molecule has 18 atom stereocenters. The predicted molar refractivity (Wildman–Crippen MR) is 202 cm³/mol. The predicted octanol–water partition coefficient (Wildman–Crippen LogP) is 2.50. The van der Waals surface area contributed by atoms with Gasteiger partial charge in [-0.2, -0.15) is 0 Å². The Labute approximate surface area is 336 Å². The van der Waals surface area contributed by atoms with Crippen LogP contribution < -0.4 is 0 Å². The molecule has 0 unspecified atom stereocenters.